The van der Waals surface area contributed by atoms with Crippen LogP contribution in [-0.4, -0.2) is 20.7 Å². The molecule has 1 aromatic heterocycles. The van der Waals surface area contributed by atoms with E-state index in [2.05, 4.69) is 21.0 Å². The number of nitrogens with zero attached hydrogens (tertiary/aromatic N) is 2. The number of halogens is 1. The number of aryl methyl sites for hydroxylation is 1. The highest BCUT2D eigenvalue weighted by Gasteiger charge is 2.06. The Balaban J connectivity index is 2.24. The van der Waals surface area contributed by atoms with Crippen molar-refractivity contribution in [2.45, 2.75) is 0 Å². The number of benzene rings is 1. The fourth-order valence-corrected chi connectivity index (χ4v) is 1.90. The van der Waals surface area contributed by atoms with Crippen LogP contribution in [0, 0.1) is 0 Å². The van der Waals surface area contributed by atoms with Crippen LogP contribution in [0.2, 0.25) is 0 Å². The summed E-state index contributed by atoms with van der Waals surface area (Å²) in [5.74, 6) is 0.0241. The standard InChI is InChI=1S/C13H11BrN2O2/c1-16-12(6-7-15-16)13(18)5-2-9-8-10(17)3-4-11(9)14/h2-8,17H,1H3. The molecule has 5 heteroatoms. The second-order valence-corrected chi connectivity index (χ2v) is 4.60. The summed E-state index contributed by atoms with van der Waals surface area (Å²) in [7, 11) is 1.71. The van der Waals surface area contributed by atoms with Gasteiger partial charge in [-0.3, -0.25) is 9.48 Å². The molecular weight excluding hydrogens is 296 g/mol. The van der Waals surface area contributed by atoms with Gasteiger partial charge in [0.1, 0.15) is 11.4 Å². The molecule has 0 amide bonds. The van der Waals surface area contributed by atoms with Gasteiger partial charge in [-0.05, 0) is 42.0 Å². The summed E-state index contributed by atoms with van der Waals surface area (Å²) in [6, 6.07) is 6.54. The van der Waals surface area contributed by atoms with E-state index in [1.165, 1.54) is 10.8 Å². The Morgan fingerprint density at radius 1 is 1.44 bits per heavy atom. The summed E-state index contributed by atoms with van der Waals surface area (Å²) >= 11 is 3.35. The Bertz CT molecular complexity index is 617. The molecule has 4 nitrogen and oxygen atoms in total. The summed E-state index contributed by atoms with van der Waals surface area (Å²) in [5, 5.41) is 13.3. The second kappa shape index (κ2) is 5.18. The van der Waals surface area contributed by atoms with Gasteiger partial charge in [-0.15, -0.1) is 0 Å². The number of hydrogen-bond donors (Lipinski definition) is 1. The number of carbonyl (C=O) groups is 1. The van der Waals surface area contributed by atoms with Gasteiger partial charge in [0.25, 0.3) is 0 Å². The fraction of sp³-hybridized carbons (Fsp3) is 0.0769. The van der Waals surface area contributed by atoms with E-state index >= 15 is 0 Å². The van der Waals surface area contributed by atoms with Crippen molar-refractivity contribution in [3.8, 4) is 5.75 Å². The molecule has 0 aliphatic rings. The largest absolute Gasteiger partial charge is 0.508 e. The van der Waals surface area contributed by atoms with Crippen molar-refractivity contribution in [2.24, 2.45) is 7.05 Å². The smallest absolute Gasteiger partial charge is 0.203 e. The molecule has 0 atom stereocenters. The van der Waals surface area contributed by atoms with E-state index in [1.54, 1.807) is 43.6 Å². The molecule has 0 bridgehead atoms. The molecule has 1 N–H and O–H groups in total. The first-order valence-electron chi connectivity index (χ1n) is 5.27. The van der Waals surface area contributed by atoms with E-state index in [-0.39, 0.29) is 11.5 Å². The Morgan fingerprint density at radius 2 is 2.22 bits per heavy atom. The number of aromatic nitrogens is 2. The summed E-state index contributed by atoms with van der Waals surface area (Å²) in [6.45, 7) is 0. The normalized spacial score (nSPS) is 11.0. The zero-order valence-electron chi connectivity index (χ0n) is 9.67. The van der Waals surface area contributed by atoms with Gasteiger partial charge in [-0.25, -0.2) is 0 Å². The van der Waals surface area contributed by atoms with Gasteiger partial charge < -0.3 is 5.11 Å². The molecule has 1 aromatic carbocycles. The lowest BCUT2D eigenvalue weighted by atomic mass is 10.1. The monoisotopic (exact) mass is 306 g/mol. The van der Waals surface area contributed by atoms with Crippen LogP contribution in [-0.2, 0) is 7.05 Å². The topological polar surface area (TPSA) is 55.1 Å². The third-order valence-electron chi connectivity index (χ3n) is 2.47. The molecule has 0 spiro atoms. The molecule has 0 aliphatic heterocycles. The van der Waals surface area contributed by atoms with Crippen LogP contribution in [0.3, 0.4) is 0 Å². The van der Waals surface area contributed by atoms with Gasteiger partial charge in [0.2, 0.25) is 5.78 Å². The van der Waals surface area contributed by atoms with E-state index in [0.29, 0.717) is 5.69 Å². The van der Waals surface area contributed by atoms with Gasteiger partial charge in [0, 0.05) is 17.7 Å². The molecule has 0 saturated carbocycles. The predicted octanol–water partition coefficient (Wildman–Crippen LogP) is 2.78. The van der Waals surface area contributed by atoms with Crippen molar-refractivity contribution in [3.05, 3.63) is 52.3 Å². The minimum absolute atomic E-state index is 0.134. The van der Waals surface area contributed by atoms with Crippen LogP contribution in [0.1, 0.15) is 16.1 Å². The third kappa shape index (κ3) is 2.68. The van der Waals surface area contributed by atoms with Gasteiger partial charge in [0.05, 0.1) is 0 Å². The number of phenols is 1. The molecule has 0 unspecified atom stereocenters. The maximum Gasteiger partial charge on any atom is 0.203 e. The van der Waals surface area contributed by atoms with Crippen molar-refractivity contribution in [1.82, 2.24) is 9.78 Å². The van der Waals surface area contributed by atoms with Crippen LogP contribution >= 0.6 is 15.9 Å². The number of phenolic OH excluding ortho intramolecular Hbond substituents is 1. The summed E-state index contributed by atoms with van der Waals surface area (Å²) in [5.41, 5.74) is 1.26. The van der Waals surface area contributed by atoms with Crippen LogP contribution < -0.4 is 0 Å². The molecule has 2 rings (SSSR count). The minimum atomic E-state index is -0.134. The highest BCUT2D eigenvalue weighted by molar-refractivity contribution is 9.10. The number of hydrogen-bond acceptors (Lipinski definition) is 3. The van der Waals surface area contributed by atoms with Crippen LogP contribution in [0.5, 0.6) is 5.75 Å². The number of rotatable bonds is 3. The first kappa shape index (κ1) is 12.6. The number of ketones is 1. The summed E-state index contributed by atoms with van der Waals surface area (Å²) in [4.78, 5) is 11.9. The number of aromatic hydroxyl groups is 1. The summed E-state index contributed by atoms with van der Waals surface area (Å²) in [6.07, 6.45) is 4.68. The van der Waals surface area contributed by atoms with Gasteiger partial charge in [-0.2, -0.15) is 5.10 Å². The van der Waals surface area contributed by atoms with Crippen LogP contribution in [0.25, 0.3) is 6.08 Å². The quantitative estimate of drug-likeness (QED) is 0.701. The highest BCUT2D eigenvalue weighted by Crippen LogP contribution is 2.23. The first-order valence-corrected chi connectivity index (χ1v) is 6.06. The van der Waals surface area contributed by atoms with Crippen LogP contribution in [0.15, 0.2) is 41.0 Å². The first-order chi connectivity index (χ1) is 8.58. The lowest BCUT2D eigenvalue weighted by Gasteiger charge is -1.99. The van der Waals surface area contributed by atoms with Crippen LogP contribution in [0.4, 0.5) is 0 Å². The second-order valence-electron chi connectivity index (χ2n) is 3.74. The van der Waals surface area contributed by atoms with E-state index in [1.807, 2.05) is 0 Å². The van der Waals surface area contributed by atoms with E-state index in [9.17, 15) is 9.90 Å². The molecule has 1 heterocycles. The van der Waals surface area contributed by atoms with Crippen molar-refractivity contribution in [3.63, 3.8) is 0 Å². The van der Waals surface area contributed by atoms with E-state index < -0.39 is 0 Å². The fourth-order valence-electron chi connectivity index (χ4n) is 1.53. The maximum atomic E-state index is 11.9. The highest BCUT2D eigenvalue weighted by atomic mass is 79.9. The summed E-state index contributed by atoms with van der Waals surface area (Å²) < 4.78 is 2.33. The molecule has 0 saturated heterocycles. The minimum Gasteiger partial charge on any atom is -0.508 e. The van der Waals surface area contributed by atoms with Gasteiger partial charge in [-0.1, -0.05) is 15.9 Å². The Kier molecular flexibility index (Phi) is 3.62. The zero-order chi connectivity index (χ0) is 13.1. The molecule has 2 aromatic rings. The van der Waals surface area contributed by atoms with Crippen molar-refractivity contribution >= 4 is 27.8 Å². The Morgan fingerprint density at radius 3 is 2.89 bits per heavy atom. The average molecular weight is 307 g/mol. The Hall–Kier alpha value is -1.88. The molecule has 0 radical (unpaired) electrons. The molecule has 92 valence electrons. The van der Waals surface area contributed by atoms with Gasteiger partial charge >= 0.3 is 0 Å². The molecule has 0 fully saturated rings. The van der Waals surface area contributed by atoms with Gasteiger partial charge in [0.15, 0.2) is 0 Å². The van der Waals surface area contributed by atoms with E-state index in [4.69, 9.17) is 0 Å². The maximum absolute atomic E-state index is 11.9. The number of carbonyl (C=O) groups excluding carboxylic acids is 1. The predicted molar refractivity (Wildman–Crippen MR) is 72.4 cm³/mol. The van der Waals surface area contributed by atoms with E-state index in [0.717, 1.165) is 10.0 Å². The molecule has 18 heavy (non-hydrogen) atoms. The Labute approximate surface area is 113 Å². The van der Waals surface area contributed by atoms with Crippen molar-refractivity contribution in [1.29, 1.82) is 0 Å². The third-order valence-corrected chi connectivity index (χ3v) is 3.19. The lowest BCUT2D eigenvalue weighted by molar-refractivity contribution is 0.103. The average Bonchev–Trinajstić information content (AvgIpc) is 2.76. The molecule has 0 aliphatic carbocycles. The zero-order valence-corrected chi connectivity index (χ0v) is 11.3. The van der Waals surface area contributed by atoms with Crippen molar-refractivity contribution < 1.29 is 9.90 Å². The molecular formula is C13H11BrN2O2. The number of allylic oxidation sites excluding steroid dienone is 1. The lowest BCUT2D eigenvalue weighted by Crippen LogP contribution is -2.03. The SMILES string of the molecule is Cn1nccc1C(=O)C=Cc1cc(O)ccc1Br. The van der Waals surface area contributed by atoms with Crippen molar-refractivity contribution in [2.75, 3.05) is 0 Å².